The second-order valence-corrected chi connectivity index (χ2v) is 5.80. The average molecular weight is 269 g/mol. The minimum absolute atomic E-state index is 0.0444. The van der Waals surface area contributed by atoms with Crippen molar-refractivity contribution in [2.45, 2.75) is 37.3 Å². The summed E-state index contributed by atoms with van der Waals surface area (Å²) in [5, 5.41) is 6.09. The van der Waals surface area contributed by atoms with Crippen LogP contribution in [0.4, 0.5) is 0 Å². The first-order chi connectivity index (χ1) is 9.79. The molecule has 0 radical (unpaired) electrons. The van der Waals surface area contributed by atoms with Crippen molar-refractivity contribution in [2.75, 3.05) is 14.2 Å². The van der Waals surface area contributed by atoms with Crippen LogP contribution in [0.5, 0.6) is 0 Å². The van der Waals surface area contributed by atoms with Crippen molar-refractivity contribution in [2.24, 2.45) is 0 Å². The van der Waals surface area contributed by atoms with Crippen LogP contribution in [-0.2, 0) is 4.74 Å². The molecular formula is C18H23NO. The molecule has 1 atom stereocenters. The average Bonchev–Trinajstić information content (AvgIpc) is 2.98. The van der Waals surface area contributed by atoms with Gasteiger partial charge in [0, 0.05) is 7.11 Å². The summed E-state index contributed by atoms with van der Waals surface area (Å²) >= 11 is 0. The Labute approximate surface area is 121 Å². The smallest absolute Gasteiger partial charge is 0.0872 e. The standard InChI is InChI=1S/C18H23NO/c1-19-17(18(20-2)11-5-6-12-18)16-10-9-14-7-3-4-8-15(14)13-16/h3-4,7-10,13,17,19H,5-6,11-12H2,1-2H3. The Morgan fingerprint density at radius 1 is 1.05 bits per heavy atom. The molecule has 3 rings (SSSR count). The zero-order chi connectivity index (χ0) is 14.0. The molecule has 0 spiro atoms. The third kappa shape index (κ3) is 2.23. The summed E-state index contributed by atoms with van der Waals surface area (Å²) in [6.07, 6.45) is 4.81. The van der Waals surface area contributed by atoms with E-state index in [2.05, 4.69) is 47.8 Å². The first-order valence-corrected chi connectivity index (χ1v) is 7.50. The number of hydrogen-bond acceptors (Lipinski definition) is 2. The topological polar surface area (TPSA) is 21.3 Å². The first-order valence-electron chi connectivity index (χ1n) is 7.50. The van der Waals surface area contributed by atoms with E-state index in [-0.39, 0.29) is 11.6 Å². The van der Waals surface area contributed by atoms with E-state index in [1.54, 1.807) is 0 Å². The molecule has 2 aromatic rings. The van der Waals surface area contributed by atoms with E-state index < -0.39 is 0 Å². The summed E-state index contributed by atoms with van der Waals surface area (Å²) in [6, 6.07) is 15.5. The van der Waals surface area contributed by atoms with E-state index in [0.29, 0.717) is 0 Å². The van der Waals surface area contributed by atoms with E-state index >= 15 is 0 Å². The van der Waals surface area contributed by atoms with Crippen molar-refractivity contribution >= 4 is 10.8 Å². The molecule has 20 heavy (non-hydrogen) atoms. The van der Waals surface area contributed by atoms with Gasteiger partial charge in [-0.3, -0.25) is 0 Å². The van der Waals surface area contributed by atoms with Crippen molar-refractivity contribution < 1.29 is 4.74 Å². The molecule has 2 nitrogen and oxygen atoms in total. The maximum absolute atomic E-state index is 5.96. The highest BCUT2D eigenvalue weighted by molar-refractivity contribution is 5.83. The largest absolute Gasteiger partial charge is 0.376 e. The van der Waals surface area contributed by atoms with Gasteiger partial charge in [0.2, 0.25) is 0 Å². The van der Waals surface area contributed by atoms with E-state index in [4.69, 9.17) is 4.74 Å². The molecule has 0 bridgehead atoms. The summed E-state index contributed by atoms with van der Waals surface area (Å²) < 4.78 is 5.96. The molecule has 1 aliphatic carbocycles. The molecule has 0 heterocycles. The number of rotatable bonds is 4. The van der Waals surface area contributed by atoms with Gasteiger partial charge in [0.25, 0.3) is 0 Å². The van der Waals surface area contributed by atoms with Crippen molar-refractivity contribution in [3.63, 3.8) is 0 Å². The van der Waals surface area contributed by atoms with E-state index in [1.807, 2.05) is 14.2 Å². The van der Waals surface area contributed by atoms with Gasteiger partial charge in [-0.25, -0.2) is 0 Å². The highest BCUT2D eigenvalue weighted by Crippen LogP contribution is 2.42. The third-order valence-electron chi connectivity index (χ3n) is 4.78. The molecule has 1 aliphatic rings. The number of benzene rings is 2. The van der Waals surface area contributed by atoms with Crippen molar-refractivity contribution in [3.8, 4) is 0 Å². The summed E-state index contributed by atoms with van der Waals surface area (Å²) in [7, 11) is 3.90. The lowest BCUT2D eigenvalue weighted by Gasteiger charge is -2.36. The summed E-state index contributed by atoms with van der Waals surface area (Å²) in [5.74, 6) is 0. The van der Waals surface area contributed by atoms with Crippen LogP contribution in [0.1, 0.15) is 37.3 Å². The van der Waals surface area contributed by atoms with Crippen LogP contribution >= 0.6 is 0 Å². The van der Waals surface area contributed by atoms with Gasteiger partial charge in [0.15, 0.2) is 0 Å². The van der Waals surface area contributed by atoms with Crippen LogP contribution in [0.3, 0.4) is 0 Å². The third-order valence-corrected chi connectivity index (χ3v) is 4.78. The first kappa shape index (κ1) is 13.6. The van der Waals surface area contributed by atoms with Gasteiger partial charge < -0.3 is 10.1 Å². The van der Waals surface area contributed by atoms with Crippen LogP contribution in [0.2, 0.25) is 0 Å². The molecule has 0 aliphatic heterocycles. The van der Waals surface area contributed by atoms with Crippen LogP contribution in [-0.4, -0.2) is 19.8 Å². The maximum Gasteiger partial charge on any atom is 0.0872 e. The number of likely N-dealkylation sites (N-methyl/N-ethyl adjacent to an activating group) is 1. The second-order valence-electron chi connectivity index (χ2n) is 5.80. The fourth-order valence-electron chi connectivity index (χ4n) is 3.70. The Kier molecular flexibility index (Phi) is 3.77. The van der Waals surface area contributed by atoms with Crippen LogP contribution in [0.15, 0.2) is 42.5 Å². The quantitative estimate of drug-likeness (QED) is 0.903. The number of fused-ring (bicyclic) bond motifs is 1. The monoisotopic (exact) mass is 269 g/mol. The molecular weight excluding hydrogens is 246 g/mol. The van der Waals surface area contributed by atoms with Crippen molar-refractivity contribution in [1.82, 2.24) is 5.32 Å². The Morgan fingerprint density at radius 3 is 2.40 bits per heavy atom. The fraction of sp³-hybridized carbons (Fsp3) is 0.444. The molecule has 1 fully saturated rings. The van der Waals surface area contributed by atoms with Gasteiger partial charge in [-0.15, -0.1) is 0 Å². The van der Waals surface area contributed by atoms with Crippen LogP contribution in [0.25, 0.3) is 10.8 Å². The molecule has 1 saturated carbocycles. The van der Waals surface area contributed by atoms with Crippen molar-refractivity contribution in [1.29, 1.82) is 0 Å². The number of ether oxygens (including phenoxy) is 1. The molecule has 0 aromatic heterocycles. The van der Waals surface area contributed by atoms with E-state index in [0.717, 1.165) is 12.8 Å². The van der Waals surface area contributed by atoms with Gasteiger partial charge in [-0.05, 0) is 42.3 Å². The Morgan fingerprint density at radius 2 is 1.75 bits per heavy atom. The van der Waals surface area contributed by atoms with Gasteiger partial charge in [0.1, 0.15) is 0 Å². The Hall–Kier alpha value is -1.38. The minimum atomic E-state index is -0.0444. The molecule has 1 unspecified atom stereocenters. The Balaban J connectivity index is 2.02. The number of methoxy groups -OCH3 is 1. The van der Waals surface area contributed by atoms with Crippen molar-refractivity contribution in [3.05, 3.63) is 48.0 Å². The fourth-order valence-corrected chi connectivity index (χ4v) is 3.70. The molecule has 106 valence electrons. The van der Waals surface area contributed by atoms with Crippen LogP contribution in [0, 0.1) is 0 Å². The highest BCUT2D eigenvalue weighted by atomic mass is 16.5. The molecule has 0 saturated heterocycles. The zero-order valence-electron chi connectivity index (χ0n) is 12.4. The summed E-state index contributed by atoms with van der Waals surface area (Å²) in [4.78, 5) is 0. The number of hydrogen-bond donors (Lipinski definition) is 1. The van der Waals surface area contributed by atoms with Gasteiger partial charge in [-0.1, -0.05) is 49.2 Å². The minimum Gasteiger partial charge on any atom is -0.376 e. The van der Waals surface area contributed by atoms with Crippen LogP contribution < -0.4 is 5.32 Å². The van der Waals surface area contributed by atoms with Gasteiger partial charge in [0.05, 0.1) is 11.6 Å². The lowest BCUT2D eigenvalue weighted by atomic mass is 9.86. The number of nitrogens with one attached hydrogen (secondary N) is 1. The predicted octanol–water partition coefficient (Wildman–Crippen LogP) is 4.06. The highest BCUT2D eigenvalue weighted by Gasteiger charge is 2.41. The molecule has 1 N–H and O–H groups in total. The lowest BCUT2D eigenvalue weighted by Crippen LogP contribution is -2.42. The second kappa shape index (κ2) is 5.55. The zero-order valence-corrected chi connectivity index (χ0v) is 12.4. The normalized spacial score (nSPS) is 19.3. The Bertz CT molecular complexity index is 587. The predicted molar refractivity (Wildman–Crippen MR) is 84.0 cm³/mol. The SMILES string of the molecule is CNC(c1ccc2ccccc2c1)C1(OC)CCCC1. The van der Waals surface area contributed by atoms with E-state index in [1.165, 1.54) is 29.2 Å². The summed E-state index contributed by atoms with van der Waals surface area (Å²) in [6.45, 7) is 0. The molecule has 0 amide bonds. The van der Waals surface area contributed by atoms with Gasteiger partial charge in [-0.2, -0.15) is 0 Å². The molecule has 2 heteroatoms. The van der Waals surface area contributed by atoms with Gasteiger partial charge >= 0.3 is 0 Å². The lowest BCUT2D eigenvalue weighted by molar-refractivity contribution is -0.0348. The maximum atomic E-state index is 5.96. The molecule has 2 aromatic carbocycles. The van der Waals surface area contributed by atoms with E-state index in [9.17, 15) is 0 Å². The summed E-state index contributed by atoms with van der Waals surface area (Å²) in [5.41, 5.74) is 1.28.